The zero-order valence-corrected chi connectivity index (χ0v) is 13.6. The summed E-state index contributed by atoms with van der Waals surface area (Å²) in [7, 11) is 0. The van der Waals surface area contributed by atoms with Gasteiger partial charge in [0.1, 0.15) is 0 Å². The van der Waals surface area contributed by atoms with Crippen LogP contribution in [-0.2, 0) is 13.1 Å². The average molecular weight is 293 g/mol. The van der Waals surface area contributed by atoms with Crippen LogP contribution in [0.25, 0.3) is 0 Å². The molecule has 0 radical (unpaired) electrons. The van der Waals surface area contributed by atoms with Gasteiger partial charge in [0.2, 0.25) is 0 Å². The van der Waals surface area contributed by atoms with E-state index >= 15 is 0 Å². The molecule has 1 nitrogen and oxygen atoms in total. The van der Waals surface area contributed by atoms with Crippen molar-refractivity contribution in [3.05, 3.63) is 71.8 Å². The van der Waals surface area contributed by atoms with Gasteiger partial charge in [-0.1, -0.05) is 80.4 Å². The van der Waals surface area contributed by atoms with Crippen LogP contribution in [0, 0.1) is 5.92 Å². The molecule has 0 saturated heterocycles. The van der Waals surface area contributed by atoms with Crippen LogP contribution in [0.5, 0.6) is 0 Å². The fourth-order valence-electron chi connectivity index (χ4n) is 3.68. The largest absolute Gasteiger partial charge is 0.292 e. The van der Waals surface area contributed by atoms with Crippen LogP contribution < -0.4 is 0 Å². The third-order valence-electron chi connectivity index (χ3n) is 4.88. The normalized spacial score (nSPS) is 21.9. The van der Waals surface area contributed by atoms with Crippen molar-refractivity contribution in [1.82, 2.24) is 4.90 Å². The number of hydrogen-bond donors (Lipinski definition) is 0. The van der Waals surface area contributed by atoms with Gasteiger partial charge in [-0.3, -0.25) is 4.90 Å². The van der Waals surface area contributed by atoms with E-state index in [-0.39, 0.29) is 0 Å². The zero-order valence-electron chi connectivity index (χ0n) is 13.6. The molecule has 1 heteroatoms. The van der Waals surface area contributed by atoms with Crippen molar-refractivity contribution >= 4 is 0 Å². The Hall–Kier alpha value is -1.60. The van der Waals surface area contributed by atoms with E-state index in [2.05, 4.69) is 72.5 Å². The van der Waals surface area contributed by atoms with E-state index in [9.17, 15) is 0 Å². The van der Waals surface area contributed by atoms with Crippen LogP contribution in [-0.4, -0.2) is 10.9 Å². The summed E-state index contributed by atoms with van der Waals surface area (Å²) in [5.74, 6) is 0.868. The van der Waals surface area contributed by atoms with E-state index in [1.54, 1.807) is 0 Å². The van der Waals surface area contributed by atoms with Gasteiger partial charge in [-0.15, -0.1) is 0 Å². The van der Waals surface area contributed by atoms with Gasteiger partial charge in [-0.2, -0.15) is 0 Å². The van der Waals surface area contributed by atoms with Gasteiger partial charge in [0.15, 0.2) is 0 Å². The Kier molecular flexibility index (Phi) is 5.29. The third-order valence-corrected chi connectivity index (χ3v) is 4.88. The van der Waals surface area contributed by atoms with E-state index in [1.807, 2.05) is 0 Å². The Morgan fingerprint density at radius 3 is 1.86 bits per heavy atom. The van der Waals surface area contributed by atoms with Gasteiger partial charge >= 0.3 is 0 Å². The van der Waals surface area contributed by atoms with Crippen LogP contribution in [0.15, 0.2) is 60.7 Å². The summed E-state index contributed by atoms with van der Waals surface area (Å²) < 4.78 is 0. The molecule has 0 amide bonds. The molecule has 3 rings (SSSR count). The van der Waals surface area contributed by atoms with E-state index < -0.39 is 0 Å². The molecular weight excluding hydrogens is 266 g/mol. The second-order valence-electron chi connectivity index (χ2n) is 6.80. The molecule has 0 aliphatic heterocycles. The molecule has 1 fully saturated rings. The number of nitrogens with zero attached hydrogens (tertiary/aromatic N) is 1. The number of benzene rings is 2. The van der Waals surface area contributed by atoms with Crippen LogP contribution in [0.2, 0.25) is 0 Å². The highest BCUT2D eigenvalue weighted by atomic mass is 15.2. The summed E-state index contributed by atoms with van der Waals surface area (Å²) in [6.07, 6.45) is 5.48. The lowest BCUT2D eigenvalue weighted by Gasteiger charge is -2.37. The van der Waals surface area contributed by atoms with Gasteiger partial charge in [-0.05, 0) is 29.9 Å². The first-order valence-electron chi connectivity index (χ1n) is 8.63. The standard InChI is InChI=1S/C21H27N/c1-18-9-8-14-21(15-18)22(16-19-10-4-2-5-11-19)17-20-12-6-3-7-13-20/h2-7,10-13,18,21H,8-9,14-17H2,1H3/t18?,21-/m1/s1. The van der Waals surface area contributed by atoms with Crippen molar-refractivity contribution in [2.24, 2.45) is 5.92 Å². The average Bonchev–Trinajstić information content (AvgIpc) is 2.56. The lowest BCUT2D eigenvalue weighted by atomic mass is 9.86. The Bertz CT molecular complexity index is 507. The molecule has 2 aromatic carbocycles. The maximum atomic E-state index is 2.69. The van der Waals surface area contributed by atoms with Crippen LogP contribution in [0.3, 0.4) is 0 Å². The highest BCUT2D eigenvalue weighted by molar-refractivity contribution is 5.17. The molecule has 0 spiro atoms. The molecule has 1 aliphatic carbocycles. The second kappa shape index (κ2) is 7.60. The van der Waals surface area contributed by atoms with E-state index in [1.165, 1.54) is 36.8 Å². The minimum atomic E-state index is 0.726. The quantitative estimate of drug-likeness (QED) is 0.726. The molecule has 0 bridgehead atoms. The fraction of sp³-hybridized carbons (Fsp3) is 0.429. The molecule has 1 unspecified atom stereocenters. The molecular formula is C21H27N. The molecule has 2 atom stereocenters. The van der Waals surface area contributed by atoms with Crippen molar-refractivity contribution in [2.45, 2.75) is 51.7 Å². The maximum absolute atomic E-state index is 2.69. The first-order chi connectivity index (χ1) is 10.8. The lowest BCUT2D eigenvalue weighted by Crippen LogP contribution is -2.37. The Labute approximate surface area is 135 Å². The van der Waals surface area contributed by atoms with Crippen molar-refractivity contribution in [1.29, 1.82) is 0 Å². The molecule has 0 N–H and O–H groups in total. The minimum absolute atomic E-state index is 0.726. The summed E-state index contributed by atoms with van der Waals surface area (Å²) >= 11 is 0. The van der Waals surface area contributed by atoms with Gasteiger partial charge in [0.25, 0.3) is 0 Å². The van der Waals surface area contributed by atoms with E-state index in [0.29, 0.717) is 0 Å². The van der Waals surface area contributed by atoms with Crippen LogP contribution >= 0.6 is 0 Å². The first kappa shape index (κ1) is 15.3. The predicted molar refractivity (Wildman–Crippen MR) is 93.6 cm³/mol. The zero-order chi connectivity index (χ0) is 15.2. The molecule has 1 saturated carbocycles. The van der Waals surface area contributed by atoms with Crippen molar-refractivity contribution < 1.29 is 0 Å². The predicted octanol–water partition coefficient (Wildman–Crippen LogP) is 5.27. The molecule has 116 valence electrons. The summed E-state index contributed by atoms with van der Waals surface area (Å²) in [6, 6.07) is 22.6. The summed E-state index contributed by atoms with van der Waals surface area (Å²) in [5.41, 5.74) is 2.85. The molecule has 22 heavy (non-hydrogen) atoms. The molecule has 0 aromatic heterocycles. The Morgan fingerprint density at radius 2 is 1.36 bits per heavy atom. The molecule has 2 aromatic rings. The SMILES string of the molecule is CC1CCC[C@@H](N(Cc2ccccc2)Cc2ccccc2)C1. The Balaban J connectivity index is 1.75. The minimum Gasteiger partial charge on any atom is -0.292 e. The van der Waals surface area contributed by atoms with Gasteiger partial charge in [0.05, 0.1) is 0 Å². The van der Waals surface area contributed by atoms with Crippen LogP contribution in [0.1, 0.15) is 43.7 Å². The van der Waals surface area contributed by atoms with Gasteiger partial charge in [0, 0.05) is 19.1 Å². The second-order valence-corrected chi connectivity index (χ2v) is 6.80. The van der Waals surface area contributed by atoms with Crippen molar-refractivity contribution in [3.63, 3.8) is 0 Å². The first-order valence-corrected chi connectivity index (χ1v) is 8.63. The topological polar surface area (TPSA) is 3.24 Å². The highest BCUT2D eigenvalue weighted by Crippen LogP contribution is 2.29. The summed E-state index contributed by atoms with van der Waals surface area (Å²) in [4.78, 5) is 2.69. The summed E-state index contributed by atoms with van der Waals surface area (Å²) in [5, 5.41) is 0. The molecule has 0 heterocycles. The van der Waals surface area contributed by atoms with Crippen molar-refractivity contribution in [3.8, 4) is 0 Å². The van der Waals surface area contributed by atoms with Crippen LogP contribution in [0.4, 0.5) is 0 Å². The monoisotopic (exact) mass is 293 g/mol. The maximum Gasteiger partial charge on any atom is 0.0240 e. The summed E-state index contributed by atoms with van der Waals surface area (Å²) in [6.45, 7) is 4.54. The molecule has 1 aliphatic rings. The van der Waals surface area contributed by atoms with Gasteiger partial charge in [-0.25, -0.2) is 0 Å². The fourth-order valence-corrected chi connectivity index (χ4v) is 3.68. The number of rotatable bonds is 5. The third kappa shape index (κ3) is 4.20. The van der Waals surface area contributed by atoms with Gasteiger partial charge < -0.3 is 0 Å². The van der Waals surface area contributed by atoms with E-state index in [4.69, 9.17) is 0 Å². The smallest absolute Gasteiger partial charge is 0.0240 e. The number of hydrogen-bond acceptors (Lipinski definition) is 1. The Morgan fingerprint density at radius 1 is 0.818 bits per heavy atom. The van der Waals surface area contributed by atoms with Crippen molar-refractivity contribution in [2.75, 3.05) is 0 Å². The highest BCUT2D eigenvalue weighted by Gasteiger charge is 2.24. The lowest BCUT2D eigenvalue weighted by molar-refractivity contribution is 0.119. The van der Waals surface area contributed by atoms with E-state index in [0.717, 1.165) is 25.0 Å².